The van der Waals surface area contributed by atoms with Crippen LogP contribution in [0.5, 0.6) is 0 Å². The molecule has 3 aromatic rings. The summed E-state index contributed by atoms with van der Waals surface area (Å²) in [6, 6.07) is 3.62. The molecule has 0 aliphatic rings. The number of carbonyl (C=O) groups is 1. The Labute approximate surface area is 164 Å². The van der Waals surface area contributed by atoms with E-state index in [0.29, 0.717) is 4.68 Å². The minimum Gasteiger partial charge on any atom is -0.465 e. The van der Waals surface area contributed by atoms with Gasteiger partial charge in [0.1, 0.15) is 23.7 Å². The molecule has 0 amide bonds. The number of esters is 1. The Morgan fingerprint density at radius 3 is 2.66 bits per heavy atom. The summed E-state index contributed by atoms with van der Waals surface area (Å²) in [5.74, 6) is -2.68. The quantitative estimate of drug-likeness (QED) is 0.426. The highest BCUT2D eigenvalue weighted by Crippen LogP contribution is 2.42. The van der Waals surface area contributed by atoms with Gasteiger partial charge in [0, 0.05) is 0 Å². The number of hydrogen-bond acceptors (Lipinski definition) is 5. The molecule has 0 saturated heterocycles. The molecule has 1 aromatic carbocycles. The smallest absolute Gasteiger partial charge is 0.433 e. The zero-order valence-electron chi connectivity index (χ0n) is 14.6. The van der Waals surface area contributed by atoms with Crippen LogP contribution in [0.25, 0.3) is 22.6 Å². The molecule has 29 heavy (non-hydrogen) atoms. The summed E-state index contributed by atoms with van der Waals surface area (Å²) in [4.78, 5) is 12.3. The van der Waals surface area contributed by atoms with E-state index in [1.165, 1.54) is 12.1 Å². The first-order chi connectivity index (χ1) is 13.7. The van der Waals surface area contributed by atoms with E-state index in [4.69, 9.17) is 16.1 Å². The van der Waals surface area contributed by atoms with Crippen molar-refractivity contribution >= 4 is 17.6 Å². The third-order valence-electron chi connectivity index (χ3n) is 3.93. The fourth-order valence-electron chi connectivity index (χ4n) is 2.76. The summed E-state index contributed by atoms with van der Waals surface area (Å²) in [5.41, 5.74) is -3.42. The van der Waals surface area contributed by atoms with Crippen molar-refractivity contribution in [1.29, 1.82) is 0 Å². The average molecular weight is 436 g/mol. The lowest BCUT2D eigenvalue weighted by Crippen LogP contribution is -2.17. The molecule has 2 aromatic heterocycles. The Balaban J connectivity index is 2.31. The molecule has 0 spiro atoms. The van der Waals surface area contributed by atoms with Crippen molar-refractivity contribution < 1.29 is 36.0 Å². The summed E-state index contributed by atoms with van der Waals surface area (Å²) in [5, 5.41) is 6.91. The number of ether oxygens (including phenoxy) is 1. The van der Waals surface area contributed by atoms with E-state index in [-0.39, 0.29) is 10.6 Å². The number of alkyl halides is 4. The second-order valence-electron chi connectivity index (χ2n) is 5.64. The monoisotopic (exact) mass is 435 g/mol. The van der Waals surface area contributed by atoms with Gasteiger partial charge in [-0.25, -0.2) is 13.6 Å². The van der Waals surface area contributed by atoms with Crippen LogP contribution in [-0.2, 0) is 17.5 Å². The number of methoxy groups -OCH3 is 1. The number of halogens is 6. The number of aryl methyl sites for hydroxylation is 1. The Kier molecular flexibility index (Phi) is 5.60. The lowest BCUT2D eigenvalue weighted by molar-refractivity contribution is -0.143. The van der Waals surface area contributed by atoms with Crippen molar-refractivity contribution in [3.63, 3.8) is 0 Å². The number of nitrogens with zero attached hydrogens (tertiary/aromatic N) is 3. The lowest BCUT2D eigenvalue weighted by atomic mass is 10.0. The van der Waals surface area contributed by atoms with E-state index in [0.717, 1.165) is 19.4 Å². The van der Waals surface area contributed by atoms with Gasteiger partial charge >= 0.3 is 12.1 Å². The minimum absolute atomic E-state index is 0.154. The number of carbonyl (C=O) groups excluding carboxylic acids is 1. The van der Waals surface area contributed by atoms with Crippen LogP contribution in [-0.4, -0.2) is 34.7 Å². The maximum absolute atomic E-state index is 14.3. The Morgan fingerprint density at radius 1 is 1.34 bits per heavy atom. The molecule has 12 heteroatoms. The normalized spacial score (nSPS) is 11.7. The number of rotatable bonds is 5. The summed E-state index contributed by atoms with van der Waals surface area (Å²) < 4.78 is 77.7. The van der Waals surface area contributed by atoms with Crippen molar-refractivity contribution in [3.8, 4) is 22.6 Å². The van der Waals surface area contributed by atoms with Crippen LogP contribution in [0.2, 0.25) is 5.02 Å². The molecule has 154 valence electrons. The molecule has 0 fully saturated rings. The van der Waals surface area contributed by atoms with E-state index in [9.17, 15) is 26.7 Å². The molecule has 0 bridgehead atoms. The Morgan fingerprint density at radius 2 is 2.07 bits per heavy atom. The van der Waals surface area contributed by atoms with Crippen molar-refractivity contribution in [1.82, 2.24) is 14.9 Å². The predicted molar refractivity (Wildman–Crippen MR) is 90.4 cm³/mol. The van der Waals surface area contributed by atoms with Gasteiger partial charge in [0.05, 0.1) is 36.0 Å². The molecule has 0 aliphatic heterocycles. The number of aromatic nitrogens is 3. The Hall–Kier alpha value is -2.95. The largest absolute Gasteiger partial charge is 0.465 e. The van der Waals surface area contributed by atoms with Crippen molar-refractivity contribution in [2.45, 2.75) is 12.7 Å². The molecule has 0 aliphatic carbocycles. The SMILES string of the molecule is COC(=O)c1c(-c2c(F)cccc2Cl)noc1-c1cnn(CCF)c1C(F)(F)F. The van der Waals surface area contributed by atoms with Crippen molar-refractivity contribution in [3.05, 3.63) is 46.5 Å². The fourth-order valence-corrected chi connectivity index (χ4v) is 3.01. The molecule has 3 rings (SSSR count). The molecule has 0 N–H and O–H groups in total. The summed E-state index contributed by atoms with van der Waals surface area (Å²) in [6.07, 6.45) is -4.21. The number of benzene rings is 1. The second-order valence-corrected chi connectivity index (χ2v) is 6.05. The topological polar surface area (TPSA) is 70.2 Å². The molecular weight excluding hydrogens is 425 g/mol. The third-order valence-corrected chi connectivity index (χ3v) is 4.25. The second kappa shape index (κ2) is 7.82. The van der Waals surface area contributed by atoms with E-state index < -0.39 is 59.5 Å². The van der Waals surface area contributed by atoms with Gasteiger partial charge in [0.2, 0.25) is 0 Å². The highest BCUT2D eigenvalue weighted by molar-refractivity contribution is 6.33. The van der Waals surface area contributed by atoms with Crippen LogP contribution in [0, 0.1) is 5.82 Å². The zero-order chi connectivity index (χ0) is 21.3. The molecule has 0 saturated carbocycles. The molecule has 0 unspecified atom stereocenters. The van der Waals surface area contributed by atoms with Gasteiger partial charge in [0.15, 0.2) is 11.5 Å². The average Bonchev–Trinajstić information content (AvgIpc) is 3.25. The van der Waals surface area contributed by atoms with Gasteiger partial charge in [-0.3, -0.25) is 4.68 Å². The maximum atomic E-state index is 14.3. The van der Waals surface area contributed by atoms with Crippen LogP contribution in [0.1, 0.15) is 16.1 Å². The van der Waals surface area contributed by atoms with Crippen LogP contribution >= 0.6 is 11.6 Å². The van der Waals surface area contributed by atoms with Gasteiger partial charge in [0.25, 0.3) is 0 Å². The first kappa shape index (κ1) is 20.8. The van der Waals surface area contributed by atoms with Crippen molar-refractivity contribution in [2.75, 3.05) is 13.8 Å². The van der Waals surface area contributed by atoms with E-state index >= 15 is 0 Å². The molecule has 0 radical (unpaired) electrons. The van der Waals surface area contributed by atoms with Gasteiger partial charge in [-0.1, -0.05) is 22.8 Å². The molecular formula is C17H11ClF5N3O3. The highest BCUT2D eigenvalue weighted by Gasteiger charge is 2.41. The molecule has 0 atom stereocenters. The van der Waals surface area contributed by atoms with Gasteiger partial charge < -0.3 is 9.26 Å². The van der Waals surface area contributed by atoms with E-state index in [1.54, 1.807) is 0 Å². The molecule has 2 heterocycles. The third kappa shape index (κ3) is 3.69. The van der Waals surface area contributed by atoms with Crippen LogP contribution in [0.3, 0.4) is 0 Å². The molecule has 6 nitrogen and oxygen atoms in total. The van der Waals surface area contributed by atoms with Crippen LogP contribution < -0.4 is 0 Å². The lowest BCUT2D eigenvalue weighted by Gasteiger charge is -2.11. The first-order valence-corrected chi connectivity index (χ1v) is 8.30. The summed E-state index contributed by atoms with van der Waals surface area (Å²) in [7, 11) is 0.975. The highest BCUT2D eigenvalue weighted by atomic mass is 35.5. The fraction of sp³-hybridized carbons (Fsp3) is 0.235. The number of hydrogen-bond donors (Lipinski definition) is 0. The summed E-state index contributed by atoms with van der Waals surface area (Å²) >= 11 is 5.98. The zero-order valence-corrected chi connectivity index (χ0v) is 15.3. The van der Waals surface area contributed by atoms with Crippen molar-refractivity contribution in [2.24, 2.45) is 0 Å². The van der Waals surface area contributed by atoms with Crippen LogP contribution in [0.15, 0.2) is 28.9 Å². The van der Waals surface area contributed by atoms with E-state index in [2.05, 4.69) is 15.0 Å². The Bertz CT molecular complexity index is 1040. The maximum Gasteiger partial charge on any atom is 0.433 e. The minimum atomic E-state index is -4.96. The van der Waals surface area contributed by atoms with E-state index in [1.807, 2.05) is 0 Å². The van der Waals surface area contributed by atoms with Gasteiger partial charge in [-0.15, -0.1) is 0 Å². The summed E-state index contributed by atoms with van der Waals surface area (Å²) in [6.45, 7) is -1.79. The first-order valence-electron chi connectivity index (χ1n) is 7.92. The predicted octanol–water partition coefficient (Wildman–Crippen LogP) is 4.77. The van der Waals surface area contributed by atoms with Crippen LogP contribution in [0.4, 0.5) is 22.0 Å². The van der Waals surface area contributed by atoms with Gasteiger partial charge in [-0.2, -0.15) is 18.3 Å². The standard InChI is InChI=1S/C17H11ClF5N3O3/c1-28-16(27)12-13(11-9(18)3-2-4-10(11)20)25-29-14(12)8-7-24-26(6-5-19)15(8)17(21,22)23/h2-4,7H,5-6H2,1H3. The van der Waals surface area contributed by atoms with Gasteiger partial charge in [-0.05, 0) is 12.1 Å².